The van der Waals surface area contributed by atoms with Crippen LogP contribution in [0.2, 0.25) is 0 Å². The highest BCUT2D eigenvalue weighted by Crippen LogP contribution is 2.34. The predicted molar refractivity (Wildman–Crippen MR) is 109 cm³/mol. The van der Waals surface area contributed by atoms with E-state index < -0.39 is 12.5 Å². The first-order valence-corrected chi connectivity index (χ1v) is 10.2. The summed E-state index contributed by atoms with van der Waals surface area (Å²) in [6.07, 6.45) is 4.13. The van der Waals surface area contributed by atoms with Crippen molar-refractivity contribution in [3.05, 3.63) is 30.0 Å². The molecule has 1 aromatic carbocycles. The third-order valence-electron chi connectivity index (χ3n) is 6.00. The standard InChI is InChI=1S/C22H27N3O4/c26-14-16-7-10-24(11-8-16)9-1-2-15-3-4-18-17(12-15)13-25(22(18)29)19-5-6-20(27)23-21(19)28/h3-4,12-14,16,19-21,23,27-29H,5-11H2. The normalized spacial score (nSPS) is 26.2. The van der Waals surface area contributed by atoms with Crippen LogP contribution in [0.4, 0.5) is 0 Å². The zero-order valence-electron chi connectivity index (χ0n) is 16.3. The van der Waals surface area contributed by atoms with Gasteiger partial charge < -0.3 is 24.7 Å². The quantitative estimate of drug-likeness (QED) is 0.459. The van der Waals surface area contributed by atoms with Crippen LogP contribution in [0, 0.1) is 17.8 Å². The Morgan fingerprint density at radius 1 is 1.17 bits per heavy atom. The topological polar surface area (TPSA) is 98.0 Å². The molecule has 0 saturated carbocycles. The largest absolute Gasteiger partial charge is 0.494 e. The van der Waals surface area contributed by atoms with E-state index in [-0.39, 0.29) is 17.8 Å². The number of aldehydes is 1. The first-order chi connectivity index (χ1) is 14.0. The number of piperidine rings is 2. The van der Waals surface area contributed by atoms with Gasteiger partial charge in [0.2, 0.25) is 0 Å². The number of fused-ring (bicyclic) bond motifs is 1. The van der Waals surface area contributed by atoms with Gasteiger partial charge in [0.1, 0.15) is 18.7 Å². The van der Waals surface area contributed by atoms with Crippen LogP contribution in [0.15, 0.2) is 24.4 Å². The first-order valence-electron chi connectivity index (χ1n) is 10.2. The molecule has 2 fully saturated rings. The predicted octanol–water partition coefficient (Wildman–Crippen LogP) is 1.17. The molecular weight excluding hydrogens is 370 g/mol. The fourth-order valence-electron chi connectivity index (χ4n) is 4.22. The molecule has 3 heterocycles. The Morgan fingerprint density at radius 2 is 1.97 bits per heavy atom. The lowest BCUT2D eigenvalue weighted by molar-refractivity contribution is -0.112. The van der Waals surface area contributed by atoms with E-state index in [0.29, 0.717) is 24.8 Å². The molecular formula is C22H27N3O4. The van der Waals surface area contributed by atoms with E-state index in [0.717, 1.165) is 43.2 Å². The molecule has 7 heteroatoms. The number of aromatic hydroxyl groups is 1. The Morgan fingerprint density at radius 3 is 2.69 bits per heavy atom. The number of aliphatic hydroxyl groups excluding tert-OH is 2. The van der Waals surface area contributed by atoms with Gasteiger partial charge in [0.05, 0.1) is 12.6 Å². The summed E-state index contributed by atoms with van der Waals surface area (Å²) in [6.45, 7) is 2.48. The van der Waals surface area contributed by atoms with Crippen molar-refractivity contribution in [1.82, 2.24) is 14.8 Å². The number of nitrogens with one attached hydrogen (secondary N) is 1. The van der Waals surface area contributed by atoms with Gasteiger partial charge in [0, 0.05) is 28.5 Å². The van der Waals surface area contributed by atoms with E-state index in [1.165, 1.54) is 0 Å². The van der Waals surface area contributed by atoms with Crippen LogP contribution in [0.25, 0.3) is 10.8 Å². The molecule has 4 N–H and O–H groups in total. The van der Waals surface area contributed by atoms with Crippen molar-refractivity contribution >= 4 is 17.1 Å². The molecule has 2 aliphatic heterocycles. The van der Waals surface area contributed by atoms with Gasteiger partial charge >= 0.3 is 0 Å². The second kappa shape index (κ2) is 8.56. The molecule has 3 unspecified atom stereocenters. The molecule has 0 aliphatic carbocycles. The Bertz CT molecular complexity index is 937. The van der Waals surface area contributed by atoms with Crippen molar-refractivity contribution in [3.63, 3.8) is 0 Å². The molecule has 29 heavy (non-hydrogen) atoms. The van der Waals surface area contributed by atoms with E-state index in [1.54, 1.807) is 4.57 Å². The number of likely N-dealkylation sites (tertiary alicyclic amines) is 1. The molecule has 3 atom stereocenters. The van der Waals surface area contributed by atoms with Gasteiger partial charge in [0.25, 0.3) is 0 Å². The minimum atomic E-state index is -0.922. The average Bonchev–Trinajstić information content (AvgIpc) is 3.04. The highest BCUT2D eigenvalue weighted by Gasteiger charge is 2.30. The zero-order chi connectivity index (χ0) is 20.4. The second-order valence-corrected chi connectivity index (χ2v) is 7.99. The summed E-state index contributed by atoms with van der Waals surface area (Å²) in [5.41, 5.74) is 0.871. The van der Waals surface area contributed by atoms with E-state index in [1.807, 2.05) is 24.4 Å². The highest BCUT2D eigenvalue weighted by molar-refractivity contribution is 5.89. The van der Waals surface area contributed by atoms with Gasteiger partial charge in [-0.15, -0.1) is 0 Å². The summed E-state index contributed by atoms with van der Waals surface area (Å²) in [5.74, 6) is 6.70. The number of rotatable bonds is 3. The van der Waals surface area contributed by atoms with E-state index >= 15 is 0 Å². The molecule has 4 rings (SSSR count). The summed E-state index contributed by atoms with van der Waals surface area (Å²) in [5, 5.41) is 34.7. The fraction of sp³-hybridized carbons (Fsp3) is 0.500. The van der Waals surface area contributed by atoms with Crippen LogP contribution < -0.4 is 5.32 Å². The molecule has 7 nitrogen and oxygen atoms in total. The number of aliphatic hydroxyl groups is 2. The Labute approximate surface area is 169 Å². The highest BCUT2D eigenvalue weighted by atomic mass is 16.3. The third kappa shape index (κ3) is 4.31. The van der Waals surface area contributed by atoms with Crippen molar-refractivity contribution in [2.45, 2.75) is 44.2 Å². The van der Waals surface area contributed by atoms with E-state index in [4.69, 9.17) is 0 Å². The van der Waals surface area contributed by atoms with Crippen molar-refractivity contribution in [3.8, 4) is 17.7 Å². The summed E-state index contributed by atoms with van der Waals surface area (Å²) in [4.78, 5) is 13.1. The van der Waals surface area contributed by atoms with E-state index in [2.05, 4.69) is 22.1 Å². The van der Waals surface area contributed by atoms with Crippen LogP contribution in [0.5, 0.6) is 5.88 Å². The third-order valence-corrected chi connectivity index (χ3v) is 6.00. The summed E-state index contributed by atoms with van der Waals surface area (Å²) < 4.78 is 1.67. The number of nitrogens with zero attached hydrogens (tertiary/aromatic N) is 2. The SMILES string of the molecule is O=CC1CCN(CC#Cc2ccc3c(O)n(C4CCC(O)NC4O)cc3c2)CC1. The van der Waals surface area contributed by atoms with Crippen molar-refractivity contribution < 1.29 is 20.1 Å². The van der Waals surface area contributed by atoms with Gasteiger partial charge in [-0.3, -0.25) is 10.2 Å². The number of carbonyl (C=O) groups is 1. The van der Waals surface area contributed by atoms with Gasteiger partial charge in [-0.25, -0.2) is 0 Å². The van der Waals surface area contributed by atoms with Gasteiger partial charge in [-0.05, 0) is 57.0 Å². The monoisotopic (exact) mass is 397 g/mol. The molecule has 2 aromatic rings. The number of carbonyl (C=O) groups excluding carboxylic acids is 1. The summed E-state index contributed by atoms with van der Waals surface area (Å²) in [6, 6.07) is 5.33. The lowest BCUT2D eigenvalue weighted by Gasteiger charge is -2.33. The number of hydrogen-bond donors (Lipinski definition) is 4. The van der Waals surface area contributed by atoms with Crippen molar-refractivity contribution in [1.29, 1.82) is 0 Å². The lowest BCUT2D eigenvalue weighted by Crippen LogP contribution is -2.47. The smallest absolute Gasteiger partial charge is 0.199 e. The Balaban J connectivity index is 1.47. The maximum absolute atomic E-state index is 10.8. The number of benzene rings is 1. The van der Waals surface area contributed by atoms with Crippen LogP contribution >= 0.6 is 0 Å². The number of hydrogen-bond acceptors (Lipinski definition) is 6. The lowest BCUT2D eigenvalue weighted by atomic mass is 9.99. The molecule has 2 saturated heterocycles. The molecule has 1 aromatic heterocycles. The maximum Gasteiger partial charge on any atom is 0.199 e. The summed E-state index contributed by atoms with van der Waals surface area (Å²) >= 11 is 0. The minimum absolute atomic E-state index is 0.111. The first kappa shape index (κ1) is 19.9. The molecule has 2 aliphatic rings. The Hall–Kier alpha value is -2.37. The van der Waals surface area contributed by atoms with E-state index in [9.17, 15) is 20.1 Å². The van der Waals surface area contributed by atoms with Crippen molar-refractivity contribution in [2.75, 3.05) is 19.6 Å². The molecule has 0 radical (unpaired) electrons. The minimum Gasteiger partial charge on any atom is -0.494 e. The van der Waals surface area contributed by atoms with Crippen LogP contribution in [0.3, 0.4) is 0 Å². The molecule has 0 bridgehead atoms. The summed E-state index contributed by atoms with van der Waals surface area (Å²) in [7, 11) is 0. The molecule has 154 valence electrons. The van der Waals surface area contributed by atoms with Crippen LogP contribution in [-0.2, 0) is 4.79 Å². The van der Waals surface area contributed by atoms with Crippen LogP contribution in [-0.4, -0.2) is 63.2 Å². The average molecular weight is 397 g/mol. The van der Waals surface area contributed by atoms with Crippen molar-refractivity contribution in [2.24, 2.45) is 5.92 Å². The Kier molecular flexibility index (Phi) is 5.88. The second-order valence-electron chi connectivity index (χ2n) is 7.99. The number of aromatic nitrogens is 1. The van der Waals surface area contributed by atoms with Gasteiger partial charge in [0.15, 0.2) is 5.88 Å². The maximum atomic E-state index is 10.8. The van der Waals surface area contributed by atoms with Gasteiger partial charge in [-0.1, -0.05) is 11.8 Å². The molecule has 0 amide bonds. The van der Waals surface area contributed by atoms with Gasteiger partial charge in [-0.2, -0.15) is 0 Å². The van der Waals surface area contributed by atoms with Crippen LogP contribution in [0.1, 0.15) is 37.3 Å². The fourth-order valence-corrected chi connectivity index (χ4v) is 4.22. The molecule has 0 spiro atoms. The zero-order valence-corrected chi connectivity index (χ0v) is 16.3.